The minimum atomic E-state index is -0.591. The van der Waals surface area contributed by atoms with Crippen LogP contribution in [0.5, 0.6) is 0 Å². The number of hydrogen-bond acceptors (Lipinski definition) is 6. The Morgan fingerprint density at radius 2 is 1.19 bits per heavy atom. The number of rotatable bonds is 2. The fourth-order valence-electron chi connectivity index (χ4n) is 2.82. The van der Waals surface area contributed by atoms with Crippen LogP contribution in [0.3, 0.4) is 0 Å². The maximum atomic E-state index is 11.6. The number of carbonyl (C=O) groups excluding carboxylic acids is 2. The lowest BCUT2D eigenvalue weighted by Gasteiger charge is -2.21. The van der Waals surface area contributed by atoms with Gasteiger partial charge in [-0.25, -0.2) is 0 Å². The van der Waals surface area contributed by atoms with Crippen LogP contribution in [0.15, 0.2) is 0 Å². The minimum absolute atomic E-state index is 0.0463. The van der Waals surface area contributed by atoms with E-state index < -0.39 is 23.8 Å². The van der Waals surface area contributed by atoms with Crippen LogP contribution in [-0.4, -0.2) is 50.6 Å². The molecule has 3 aliphatic rings. The van der Waals surface area contributed by atoms with Gasteiger partial charge in [0.05, 0.1) is 14.2 Å². The van der Waals surface area contributed by atoms with E-state index in [4.69, 9.17) is 18.9 Å². The number of hydrogen-bond donors (Lipinski definition) is 0. The number of methoxy groups -OCH3 is 2. The molecule has 6 heteroatoms. The monoisotopic (exact) mass is 228 g/mol. The maximum Gasteiger partial charge on any atom is 0.312 e. The molecule has 0 saturated carbocycles. The van der Waals surface area contributed by atoms with Crippen molar-refractivity contribution in [1.82, 2.24) is 0 Å². The summed E-state index contributed by atoms with van der Waals surface area (Å²) in [6.07, 6.45) is -0.803. The number of epoxide rings is 1. The summed E-state index contributed by atoms with van der Waals surface area (Å²) < 4.78 is 20.3. The van der Waals surface area contributed by atoms with Crippen LogP contribution < -0.4 is 0 Å². The van der Waals surface area contributed by atoms with E-state index in [0.29, 0.717) is 0 Å². The molecule has 2 bridgehead atoms. The molecule has 0 spiro atoms. The Hall–Kier alpha value is -1.14. The highest BCUT2D eigenvalue weighted by molar-refractivity contribution is 5.84. The van der Waals surface area contributed by atoms with E-state index >= 15 is 0 Å². The van der Waals surface area contributed by atoms with Crippen molar-refractivity contribution in [2.75, 3.05) is 14.2 Å². The molecule has 0 amide bonds. The van der Waals surface area contributed by atoms with Gasteiger partial charge in [-0.1, -0.05) is 0 Å². The molecule has 6 atom stereocenters. The molecule has 6 nitrogen and oxygen atoms in total. The van der Waals surface area contributed by atoms with E-state index in [1.54, 1.807) is 0 Å². The van der Waals surface area contributed by atoms with Gasteiger partial charge in [-0.3, -0.25) is 9.59 Å². The molecule has 0 N–H and O–H groups in total. The average Bonchev–Trinajstić information content (AvgIpc) is 2.93. The van der Waals surface area contributed by atoms with E-state index in [0.717, 1.165) is 0 Å². The molecular formula is C10H12O6. The van der Waals surface area contributed by atoms with Crippen molar-refractivity contribution in [3.63, 3.8) is 0 Å². The van der Waals surface area contributed by atoms with Gasteiger partial charge < -0.3 is 18.9 Å². The Morgan fingerprint density at radius 1 is 0.812 bits per heavy atom. The van der Waals surface area contributed by atoms with Gasteiger partial charge in [0.15, 0.2) is 0 Å². The lowest BCUT2D eigenvalue weighted by atomic mass is 9.79. The predicted octanol–water partition coefficient (Wildman–Crippen LogP) is -0.887. The zero-order valence-electron chi connectivity index (χ0n) is 8.91. The van der Waals surface area contributed by atoms with Gasteiger partial charge in [-0.05, 0) is 0 Å². The van der Waals surface area contributed by atoms with Gasteiger partial charge in [0, 0.05) is 0 Å². The number of carbonyl (C=O) groups is 2. The molecule has 0 aliphatic carbocycles. The Balaban J connectivity index is 1.89. The first-order chi connectivity index (χ1) is 7.69. The fourth-order valence-corrected chi connectivity index (χ4v) is 2.82. The molecule has 16 heavy (non-hydrogen) atoms. The average molecular weight is 228 g/mol. The van der Waals surface area contributed by atoms with Crippen molar-refractivity contribution in [2.24, 2.45) is 11.8 Å². The second-order valence-corrected chi connectivity index (χ2v) is 4.23. The van der Waals surface area contributed by atoms with Crippen LogP contribution >= 0.6 is 0 Å². The van der Waals surface area contributed by atoms with Gasteiger partial charge in [0.1, 0.15) is 36.3 Å². The van der Waals surface area contributed by atoms with Crippen molar-refractivity contribution in [3.8, 4) is 0 Å². The largest absolute Gasteiger partial charge is 0.469 e. The molecular weight excluding hydrogens is 216 g/mol. The van der Waals surface area contributed by atoms with Gasteiger partial charge in [-0.2, -0.15) is 0 Å². The summed E-state index contributed by atoms with van der Waals surface area (Å²) in [5, 5.41) is 0. The summed E-state index contributed by atoms with van der Waals surface area (Å²) in [5.41, 5.74) is 0. The third-order valence-corrected chi connectivity index (χ3v) is 3.56. The zero-order chi connectivity index (χ0) is 11.4. The zero-order valence-corrected chi connectivity index (χ0v) is 8.91. The lowest BCUT2D eigenvalue weighted by Crippen LogP contribution is -2.42. The number of fused-ring (bicyclic) bond motifs is 5. The quantitative estimate of drug-likeness (QED) is 0.451. The van der Waals surface area contributed by atoms with E-state index in [-0.39, 0.29) is 24.4 Å². The van der Waals surface area contributed by atoms with Crippen LogP contribution in [0, 0.1) is 11.8 Å². The predicted molar refractivity (Wildman–Crippen MR) is 48.3 cm³/mol. The first kappa shape index (κ1) is 10.0. The highest BCUT2D eigenvalue weighted by Gasteiger charge is 2.73. The van der Waals surface area contributed by atoms with E-state index in [2.05, 4.69) is 0 Å². The summed E-state index contributed by atoms with van der Waals surface area (Å²) in [6, 6.07) is 0. The normalized spacial score (nSPS) is 47.4. The Morgan fingerprint density at radius 3 is 1.56 bits per heavy atom. The van der Waals surface area contributed by atoms with Crippen LogP contribution in [0.4, 0.5) is 0 Å². The van der Waals surface area contributed by atoms with Gasteiger partial charge in [0.2, 0.25) is 0 Å². The molecule has 0 radical (unpaired) electrons. The minimum Gasteiger partial charge on any atom is -0.469 e. The molecule has 0 unspecified atom stereocenters. The maximum absolute atomic E-state index is 11.6. The Bertz CT molecular complexity index is 321. The highest BCUT2D eigenvalue weighted by Crippen LogP contribution is 2.54. The molecule has 0 aromatic rings. The van der Waals surface area contributed by atoms with Crippen molar-refractivity contribution < 1.29 is 28.5 Å². The van der Waals surface area contributed by atoms with Crippen molar-refractivity contribution in [3.05, 3.63) is 0 Å². The topological polar surface area (TPSA) is 74.4 Å². The molecule has 3 saturated heterocycles. The molecule has 0 aromatic heterocycles. The van der Waals surface area contributed by atoms with Crippen LogP contribution in [-0.2, 0) is 28.5 Å². The molecule has 88 valence electrons. The molecule has 3 rings (SSSR count). The summed E-state index contributed by atoms with van der Waals surface area (Å²) >= 11 is 0. The first-order valence-electron chi connectivity index (χ1n) is 5.15. The Labute approximate surface area is 91.8 Å². The van der Waals surface area contributed by atoms with E-state index in [9.17, 15) is 9.59 Å². The first-order valence-corrected chi connectivity index (χ1v) is 5.15. The molecule has 3 fully saturated rings. The van der Waals surface area contributed by atoms with E-state index in [1.165, 1.54) is 14.2 Å². The van der Waals surface area contributed by atoms with Crippen LogP contribution in [0.25, 0.3) is 0 Å². The van der Waals surface area contributed by atoms with Gasteiger partial charge in [-0.15, -0.1) is 0 Å². The second-order valence-electron chi connectivity index (χ2n) is 4.23. The Kier molecular flexibility index (Phi) is 1.99. The summed E-state index contributed by atoms with van der Waals surface area (Å²) in [7, 11) is 2.60. The summed E-state index contributed by atoms with van der Waals surface area (Å²) in [6.45, 7) is 0. The van der Waals surface area contributed by atoms with E-state index in [1.807, 2.05) is 0 Å². The third-order valence-electron chi connectivity index (χ3n) is 3.56. The molecule has 3 heterocycles. The SMILES string of the molecule is COC(=O)[C@@H]1[C@@H]2O[C@H]([C@H]3O[C@H]32)[C@H]1C(=O)OC. The smallest absolute Gasteiger partial charge is 0.312 e. The van der Waals surface area contributed by atoms with Gasteiger partial charge in [0.25, 0.3) is 0 Å². The number of ether oxygens (including phenoxy) is 4. The van der Waals surface area contributed by atoms with Gasteiger partial charge >= 0.3 is 11.9 Å². The standard InChI is InChI=1S/C10H12O6/c1-13-9(11)3-4(10(12)14-2)6-8-7(16-8)5(3)15-6/h3-8H,1-2H3/t3-,4-,5-,6-,7-,8+/m0/s1. The van der Waals surface area contributed by atoms with Crippen LogP contribution in [0.1, 0.15) is 0 Å². The highest BCUT2D eigenvalue weighted by atomic mass is 16.7. The fraction of sp³-hybridized carbons (Fsp3) is 0.800. The van der Waals surface area contributed by atoms with Crippen molar-refractivity contribution >= 4 is 11.9 Å². The molecule has 3 aliphatic heterocycles. The summed E-state index contributed by atoms with van der Waals surface area (Å²) in [4.78, 5) is 23.3. The lowest BCUT2D eigenvalue weighted by molar-refractivity contribution is -0.157. The van der Waals surface area contributed by atoms with Crippen molar-refractivity contribution in [1.29, 1.82) is 0 Å². The molecule has 0 aromatic carbocycles. The second kappa shape index (κ2) is 3.18. The van der Waals surface area contributed by atoms with Crippen LogP contribution in [0.2, 0.25) is 0 Å². The summed E-state index contributed by atoms with van der Waals surface area (Å²) in [5.74, 6) is -2.05. The van der Waals surface area contributed by atoms with Crippen molar-refractivity contribution in [2.45, 2.75) is 24.4 Å². The third kappa shape index (κ3) is 1.08. The number of esters is 2.